The van der Waals surface area contributed by atoms with Crippen molar-refractivity contribution in [3.05, 3.63) is 39.9 Å². The van der Waals surface area contributed by atoms with E-state index in [0.717, 1.165) is 51.8 Å². The molecule has 0 spiro atoms. The lowest BCUT2D eigenvalue weighted by molar-refractivity contribution is 0.0760. The predicted molar refractivity (Wildman–Crippen MR) is 103 cm³/mol. The zero-order chi connectivity index (χ0) is 17.3. The van der Waals surface area contributed by atoms with Crippen molar-refractivity contribution in [2.24, 2.45) is 0 Å². The van der Waals surface area contributed by atoms with Crippen molar-refractivity contribution in [1.29, 1.82) is 0 Å². The highest BCUT2D eigenvalue weighted by Gasteiger charge is 2.19. The van der Waals surface area contributed by atoms with E-state index in [1.165, 1.54) is 16.9 Å². The van der Waals surface area contributed by atoms with E-state index in [1.54, 1.807) is 0 Å². The molecule has 126 valence electrons. The molecular formula is C19H21ClN2OS. The maximum Gasteiger partial charge on any atom is 0.263 e. The van der Waals surface area contributed by atoms with Crippen LogP contribution in [0.25, 0.3) is 21.0 Å². The summed E-state index contributed by atoms with van der Waals surface area (Å²) in [7, 11) is 0. The predicted octanol–water partition coefficient (Wildman–Crippen LogP) is 5.67. The standard InChI is InChI=1S/C19H21ClN2OS/c1-4-8-22(9-5-2)19(23)16-11-14-17(24-16)13-10-12(3)6-7-15(13)21-18(14)20/h6-7,10-11H,4-5,8-9H2,1-3H3. The molecule has 0 fully saturated rings. The Morgan fingerprint density at radius 2 is 1.88 bits per heavy atom. The van der Waals surface area contributed by atoms with Gasteiger partial charge in [0.2, 0.25) is 0 Å². The van der Waals surface area contributed by atoms with Gasteiger partial charge in [-0.1, -0.05) is 37.1 Å². The molecule has 0 unspecified atom stereocenters. The molecule has 0 aliphatic carbocycles. The van der Waals surface area contributed by atoms with E-state index in [9.17, 15) is 4.79 Å². The number of rotatable bonds is 5. The number of hydrogen-bond acceptors (Lipinski definition) is 3. The number of hydrogen-bond donors (Lipinski definition) is 0. The van der Waals surface area contributed by atoms with E-state index in [1.807, 2.05) is 23.1 Å². The van der Waals surface area contributed by atoms with Gasteiger partial charge in [-0.05, 0) is 38.0 Å². The maximum atomic E-state index is 12.9. The Labute approximate surface area is 151 Å². The van der Waals surface area contributed by atoms with E-state index >= 15 is 0 Å². The first-order valence-corrected chi connectivity index (χ1v) is 9.53. The van der Waals surface area contributed by atoms with Crippen molar-refractivity contribution >= 4 is 49.8 Å². The third-order valence-electron chi connectivity index (χ3n) is 4.05. The number of thiophene rings is 1. The highest BCUT2D eigenvalue weighted by atomic mass is 35.5. The van der Waals surface area contributed by atoms with Crippen molar-refractivity contribution in [3.63, 3.8) is 0 Å². The Balaban J connectivity index is 2.13. The Morgan fingerprint density at radius 3 is 2.54 bits per heavy atom. The molecule has 3 nitrogen and oxygen atoms in total. The van der Waals surface area contributed by atoms with Crippen LogP contribution in [0.5, 0.6) is 0 Å². The molecule has 0 N–H and O–H groups in total. The minimum atomic E-state index is 0.0942. The summed E-state index contributed by atoms with van der Waals surface area (Å²) in [4.78, 5) is 20.0. The highest BCUT2D eigenvalue weighted by Crippen LogP contribution is 2.36. The first-order chi connectivity index (χ1) is 11.5. The number of aryl methyl sites for hydroxylation is 1. The van der Waals surface area contributed by atoms with Gasteiger partial charge < -0.3 is 4.90 Å². The van der Waals surface area contributed by atoms with Crippen LogP contribution >= 0.6 is 22.9 Å². The van der Waals surface area contributed by atoms with Crippen molar-refractivity contribution in [3.8, 4) is 0 Å². The zero-order valence-electron chi connectivity index (χ0n) is 14.2. The fraction of sp³-hybridized carbons (Fsp3) is 0.368. The van der Waals surface area contributed by atoms with Crippen LogP contribution in [0.1, 0.15) is 41.9 Å². The van der Waals surface area contributed by atoms with E-state index in [0.29, 0.717) is 5.15 Å². The average molecular weight is 361 g/mol. The number of carbonyl (C=O) groups excluding carboxylic acids is 1. The summed E-state index contributed by atoms with van der Waals surface area (Å²) in [5, 5.41) is 2.40. The second-order valence-electron chi connectivity index (χ2n) is 6.07. The Hall–Kier alpha value is -1.65. The largest absolute Gasteiger partial charge is 0.338 e. The van der Waals surface area contributed by atoms with Crippen LogP contribution in [-0.2, 0) is 0 Å². The number of amides is 1. The number of nitrogens with zero attached hydrogens (tertiary/aromatic N) is 2. The van der Waals surface area contributed by atoms with Gasteiger partial charge in [0.25, 0.3) is 5.91 Å². The quantitative estimate of drug-likeness (QED) is 0.549. The van der Waals surface area contributed by atoms with E-state index in [-0.39, 0.29) is 5.91 Å². The average Bonchev–Trinajstić information content (AvgIpc) is 3.01. The molecule has 0 aliphatic heterocycles. The molecule has 0 radical (unpaired) electrons. The summed E-state index contributed by atoms with van der Waals surface area (Å²) in [6.45, 7) is 7.82. The zero-order valence-corrected chi connectivity index (χ0v) is 15.8. The molecule has 2 aromatic heterocycles. The number of benzene rings is 1. The number of halogens is 1. The lowest BCUT2D eigenvalue weighted by Gasteiger charge is -2.20. The van der Waals surface area contributed by atoms with Gasteiger partial charge in [0, 0.05) is 28.6 Å². The smallest absolute Gasteiger partial charge is 0.263 e. The molecule has 24 heavy (non-hydrogen) atoms. The second kappa shape index (κ2) is 7.08. The molecule has 5 heteroatoms. The van der Waals surface area contributed by atoms with Gasteiger partial charge in [-0.15, -0.1) is 11.3 Å². The summed E-state index contributed by atoms with van der Waals surface area (Å²) in [5.41, 5.74) is 2.05. The lowest BCUT2D eigenvalue weighted by atomic mass is 10.1. The summed E-state index contributed by atoms with van der Waals surface area (Å²) in [6.07, 6.45) is 1.92. The Bertz CT molecular complexity index is 897. The van der Waals surface area contributed by atoms with Gasteiger partial charge in [-0.25, -0.2) is 4.98 Å². The molecule has 0 saturated carbocycles. The minimum Gasteiger partial charge on any atom is -0.338 e. The van der Waals surface area contributed by atoms with Crippen molar-refractivity contribution in [2.45, 2.75) is 33.6 Å². The molecule has 2 heterocycles. The van der Waals surface area contributed by atoms with Gasteiger partial charge >= 0.3 is 0 Å². The molecule has 0 saturated heterocycles. The number of carbonyl (C=O) groups is 1. The van der Waals surface area contributed by atoms with Crippen LogP contribution in [0.3, 0.4) is 0 Å². The van der Waals surface area contributed by atoms with Crippen LogP contribution in [0, 0.1) is 6.92 Å². The van der Waals surface area contributed by atoms with Crippen LogP contribution in [0.15, 0.2) is 24.3 Å². The molecule has 0 atom stereocenters. The van der Waals surface area contributed by atoms with E-state index in [4.69, 9.17) is 11.6 Å². The molecule has 1 aromatic carbocycles. The third kappa shape index (κ3) is 3.13. The van der Waals surface area contributed by atoms with Gasteiger partial charge in [0.05, 0.1) is 10.4 Å². The summed E-state index contributed by atoms with van der Waals surface area (Å²) in [6, 6.07) is 8.03. The van der Waals surface area contributed by atoms with Crippen LogP contribution < -0.4 is 0 Å². The van der Waals surface area contributed by atoms with Crippen molar-refractivity contribution in [1.82, 2.24) is 9.88 Å². The second-order valence-corrected chi connectivity index (χ2v) is 7.48. The fourth-order valence-corrected chi connectivity index (χ4v) is 4.40. The number of pyridine rings is 1. The van der Waals surface area contributed by atoms with Crippen LogP contribution in [-0.4, -0.2) is 28.9 Å². The van der Waals surface area contributed by atoms with E-state index in [2.05, 4.69) is 31.8 Å². The van der Waals surface area contributed by atoms with Gasteiger partial charge in [0.1, 0.15) is 5.15 Å². The molecule has 0 aliphatic rings. The molecule has 1 amide bonds. The van der Waals surface area contributed by atoms with Crippen LogP contribution in [0.4, 0.5) is 0 Å². The monoisotopic (exact) mass is 360 g/mol. The molecular weight excluding hydrogens is 340 g/mol. The fourth-order valence-electron chi connectivity index (χ4n) is 2.96. The summed E-state index contributed by atoms with van der Waals surface area (Å²) in [5.74, 6) is 0.0942. The van der Waals surface area contributed by atoms with Gasteiger partial charge in [0.15, 0.2) is 0 Å². The van der Waals surface area contributed by atoms with Gasteiger partial charge in [-0.3, -0.25) is 4.79 Å². The van der Waals surface area contributed by atoms with Crippen molar-refractivity contribution < 1.29 is 4.79 Å². The lowest BCUT2D eigenvalue weighted by Crippen LogP contribution is -2.31. The first-order valence-electron chi connectivity index (χ1n) is 8.33. The highest BCUT2D eigenvalue weighted by molar-refractivity contribution is 7.21. The molecule has 0 bridgehead atoms. The van der Waals surface area contributed by atoms with E-state index < -0.39 is 0 Å². The van der Waals surface area contributed by atoms with Crippen LogP contribution in [0.2, 0.25) is 5.15 Å². The molecule has 3 rings (SSSR count). The Morgan fingerprint density at radius 1 is 1.17 bits per heavy atom. The summed E-state index contributed by atoms with van der Waals surface area (Å²) < 4.78 is 1.05. The Kier molecular flexibility index (Phi) is 5.07. The first kappa shape index (κ1) is 17.2. The minimum absolute atomic E-state index is 0.0942. The SMILES string of the molecule is CCCN(CCC)C(=O)c1cc2c(Cl)nc3ccc(C)cc3c2s1. The third-order valence-corrected chi connectivity index (χ3v) is 5.50. The number of fused-ring (bicyclic) bond motifs is 3. The molecule has 3 aromatic rings. The summed E-state index contributed by atoms with van der Waals surface area (Å²) >= 11 is 7.89. The normalized spacial score (nSPS) is 11.3. The topological polar surface area (TPSA) is 33.2 Å². The maximum absolute atomic E-state index is 12.9. The van der Waals surface area contributed by atoms with Crippen molar-refractivity contribution in [2.75, 3.05) is 13.1 Å². The van der Waals surface area contributed by atoms with Gasteiger partial charge in [-0.2, -0.15) is 0 Å². The number of aromatic nitrogens is 1.